The minimum atomic E-state index is 0.0721. The Labute approximate surface area is 123 Å². The molecule has 1 aliphatic rings. The summed E-state index contributed by atoms with van der Waals surface area (Å²) in [6.07, 6.45) is 5.81. The number of hydrogen-bond donors (Lipinski definition) is 1. The first-order valence-electron chi connectivity index (χ1n) is 6.77. The molecule has 1 aliphatic carbocycles. The molecule has 104 valence electrons. The zero-order chi connectivity index (χ0) is 13.9. The van der Waals surface area contributed by atoms with E-state index >= 15 is 0 Å². The van der Waals surface area contributed by atoms with Crippen molar-refractivity contribution in [1.29, 1.82) is 0 Å². The number of pyridine rings is 1. The van der Waals surface area contributed by atoms with Gasteiger partial charge in [0.15, 0.2) is 0 Å². The molecule has 2 aromatic rings. The zero-order valence-electron chi connectivity index (χ0n) is 11.5. The van der Waals surface area contributed by atoms with Gasteiger partial charge in [0.05, 0.1) is 7.11 Å². The lowest BCUT2D eigenvalue weighted by Crippen LogP contribution is -2.29. The average molecular weight is 286 g/mol. The molecule has 0 spiro atoms. The third-order valence-corrected chi connectivity index (χ3v) is 5.12. The highest BCUT2D eigenvalue weighted by Gasteiger charge is 2.27. The van der Waals surface area contributed by atoms with E-state index in [0.717, 1.165) is 18.6 Å². The van der Waals surface area contributed by atoms with Crippen LogP contribution in [-0.4, -0.2) is 17.3 Å². The number of methoxy groups -OCH3 is 1. The summed E-state index contributed by atoms with van der Waals surface area (Å²) in [7, 11) is 1.70. The van der Waals surface area contributed by atoms with Crippen LogP contribution in [0.4, 0.5) is 0 Å². The molecule has 0 bridgehead atoms. The van der Waals surface area contributed by atoms with E-state index in [9.17, 15) is 0 Å². The second kappa shape index (κ2) is 5.85. The lowest BCUT2D eigenvalue weighted by Gasteiger charge is -2.30. The average Bonchev–Trinajstić information content (AvgIpc) is 2.51. The van der Waals surface area contributed by atoms with Gasteiger partial charge >= 0.3 is 0 Å². The van der Waals surface area contributed by atoms with Crippen molar-refractivity contribution in [3.63, 3.8) is 0 Å². The fourth-order valence-electron chi connectivity index (χ4n) is 2.65. The van der Waals surface area contributed by atoms with Crippen LogP contribution in [-0.2, 0) is 6.42 Å². The monoisotopic (exact) mass is 286 g/mol. The largest absolute Gasteiger partial charge is 0.497 e. The van der Waals surface area contributed by atoms with Crippen LogP contribution in [0, 0.1) is 0 Å². The number of thioether (sulfide) groups is 1. The molecular formula is C16H18N2OS. The van der Waals surface area contributed by atoms with Crippen molar-refractivity contribution < 1.29 is 4.74 Å². The van der Waals surface area contributed by atoms with Crippen LogP contribution in [0.15, 0.2) is 47.6 Å². The van der Waals surface area contributed by atoms with Gasteiger partial charge in [-0.25, -0.2) is 0 Å². The number of ether oxygens (including phenoxy) is 1. The van der Waals surface area contributed by atoms with Crippen LogP contribution in [0.1, 0.15) is 23.6 Å². The number of aryl methyl sites for hydroxylation is 1. The zero-order valence-corrected chi connectivity index (χ0v) is 12.3. The van der Waals surface area contributed by atoms with Crippen LogP contribution in [0.5, 0.6) is 5.75 Å². The van der Waals surface area contributed by atoms with E-state index in [0.29, 0.717) is 5.25 Å². The lowest BCUT2D eigenvalue weighted by atomic mass is 9.87. The Hall–Kier alpha value is -1.52. The third-order valence-electron chi connectivity index (χ3n) is 3.75. The summed E-state index contributed by atoms with van der Waals surface area (Å²) in [5, 5.41) is 0.415. The SMILES string of the molecule is COc1ccc2c(c1)CCC(Sc1ccncc1)C2N. The van der Waals surface area contributed by atoms with Crippen molar-refractivity contribution in [3.05, 3.63) is 53.9 Å². The van der Waals surface area contributed by atoms with Crippen molar-refractivity contribution in [2.45, 2.75) is 29.0 Å². The highest BCUT2D eigenvalue weighted by molar-refractivity contribution is 8.00. The molecule has 2 atom stereocenters. The summed E-state index contributed by atoms with van der Waals surface area (Å²) in [5.41, 5.74) is 9.03. The summed E-state index contributed by atoms with van der Waals surface area (Å²) in [5.74, 6) is 0.913. The predicted octanol–water partition coefficient (Wildman–Crippen LogP) is 3.20. The number of benzene rings is 1. The molecule has 1 heterocycles. The van der Waals surface area contributed by atoms with E-state index in [1.54, 1.807) is 7.11 Å². The van der Waals surface area contributed by atoms with E-state index in [1.165, 1.54) is 16.0 Å². The van der Waals surface area contributed by atoms with Crippen molar-refractivity contribution in [2.75, 3.05) is 7.11 Å². The number of hydrogen-bond acceptors (Lipinski definition) is 4. The lowest BCUT2D eigenvalue weighted by molar-refractivity contribution is 0.413. The number of nitrogens with two attached hydrogens (primary N) is 1. The number of fused-ring (bicyclic) bond motifs is 1. The minimum absolute atomic E-state index is 0.0721. The third kappa shape index (κ3) is 2.67. The molecule has 0 aliphatic heterocycles. The van der Waals surface area contributed by atoms with Crippen molar-refractivity contribution in [3.8, 4) is 5.75 Å². The molecule has 0 radical (unpaired) electrons. The topological polar surface area (TPSA) is 48.1 Å². The maximum absolute atomic E-state index is 6.45. The van der Waals surface area contributed by atoms with E-state index in [1.807, 2.05) is 42.4 Å². The summed E-state index contributed by atoms with van der Waals surface area (Å²) in [4.78, 5) is 5.29. The summed E-state index contributed by atoms with van der Waals surface area (Å²) < 4.78 is 5.29. The molecule has 0 saturated carbocycles. The van der Waals surface area contributed by atoms with E-state index in [4.69, 9.17) is 10.5 Å². The van der Waals surface area contributed by atoms with Crippen LogP contribution < -0.4 is 10.5 Å². The van der Waals surface area contributed by atoms with Gasteiger partial charge in [0.2, 0.25) is 0 Å². The van der Waals surface area contributed by atoms with E-state index < -0.39 is 0 Å². The van der Waals surface area contributed by atoms with Gasteiger partial charge in [0.1, 0.15) is 5.75 Å². The molecule has 4 heteroatoms. The van der Waals surface area contributed by atoms with Crippen LogP contribution in [0.25, 0.3) is 0 Å². The molecule has 20 heavy (non-hydrogen) atoms. The number of rotatable bonds is 3. The smallest absolute Gasteiger partial charge is 0.119 e. The Morgan fingerprint density at radius 1 is 1.25 bits per heavy atom. The molecule has 0 amide bonds. The maximum Gasteiger partial charge on any atom is 0.119 e. The van der Waals surface area contributed by atoms with Gasteiger partial charge < -0.3 is 10.5 Å². The van der Waals surface area contributed by atoms with Gasteiger partial charge in [-0.1, -0.05) is 6.07 Å². The molecule has 0 fully saturated rings. The second-order valence-electron chi connectivity index (χ2n) is 4.97. The Morgan fingerprint density at radius 2 is 2.05 bits per heavy atom. The molecule has 3 nitrogen and oxygen atoms in total. The van der Waals surface area contributed by atoms with Crippen molar-refractivity contribution >= 4 is 11.8 Å². The highest BCUT2D eigenvalue weighted by atomic mass is 32.2. The van der Waals surface area contributed by atoms with Crippen LogP contribution in [0.3, 0.4) is 0 Å². The Kier molecular flexibility index (Phi) is 3.94. The maximum atomic E-state index is 6.45. The molecule has 2 unspecified atom stereocenters. The van der Waals surface area contributed by atoms with E-state index in [-0.39, 0.29) is 6.04 Å². The highest BCUT2D eigenvalue weighted by Crippen LogP contribution is 2.39. The van der Waals surface area contributed by atoms with E-state index in [2.05, 4.69) is 17.1 Å². The standard InChI is InChI=1S/C16H18N2OS/c1-19-12-3-4-14-11(10-12)2-5-15(16(14)17)20-13-6-8-18-9-7-13/h3-4,6-10,15-16H,2,5,17H2,1H3. The first-order chi connectivity index (χ1) is 9.78. The van der Waals surface area contributed by atoms with Crippen LogP contribution in [0.2, 0.25) is 0 Å². The fraction of sp³-hybridized carbons (Fsp3) is 0.312. The molecule has 0 saturated heterocycles. The Balaban J connectivity index is 1.80. The van der Waals surface area contributed by atoms with Gasteiger partial charge in [-0.05, 0) is 48.2 Å². The van der Waals surface area contributed by atoms with Crippen LogP contribution >= 0.6 is 11.8 Å². The van der Waals surface area contributed by atoms with Gasteiger partial charge in [-0.15, -0.1) is 11.8 Å². The predicted molar refractivity (Wildman–Crippen MR) is 82.1 cm³/mol. The first-order valence-corrected chi connectivity index (χ1v) is 7.65. The number of nitrogens with zero attached hydrogens (tertiary/aromatic N) is 1. The second-order valence-corrected chi connectivity index (χ2v) is 6.28. The van der Waals surface area contributed by atoms with Gasteiger partial charge in [-0.2, -0.15) is 0 Å². The summed E-state index contributed by atoms with van der Waals surface area (Å²) in [6, 6.07) is 10.4. The number of aromatic nitrogens is 1. The van der Waals surface area contributed by atoms with Crippen molar-refractivity contribution in [2.24, 2.45) is 5.73 Å². The summed E-state index contributed by atoms with van der Waals surface area (Å²) in [6.45, 7) is 0. The Morgan fingerprint density at radius 3 is 2.80 bits per heavy atom. The minimum Gasteiger partial charge on any atom is -0.497 e. The van der Waals surface area contributed by atoms with Gasteiger partial charge in [-0.3, -0.25) is 4.98 Å². The van der Waals surface area contributed by atoms with Crippen molar-refractivity contribution in [1.82, 2.24) is 4.98 Å². The van der Waals surface area contributed by atoms with Gasteiger partial charge in [0, 0.05) is 28.6 Å². The normalized spacial score (nSPS) is 21.3. The van der Waals surface area contributed by atoms with Gasteiger partial charge in [0.25, 0.3) is 0 Å². The molecule has 1 aromatic carbocycles. The summed E-state index contributed by atoms with van der Waals surface area (Å²) >= 11 is 1.85. The fourth-order valence-corrected chi connectivity index (χ4v) is 3.81. The molecular weight excluding hydrogens is 268 g/mol. The molecule has 3 rings (SSSR count). The molecule has 1 aromatic heterocycles. The Bertz CT molecular complexity index is 588. The quantitative estimate of drug-likeness (QED) is 0.941. The first kappa shape index (κ1) is 13.5. The molecule has 2 N–H and O–H groups in total.